The molecule has 0 atom stereocenters. The van der Waals surface area contributed by atoms with Gasteiger partial charge >= 0.3 is 0 Å². The summed E-state index contributed by atoms with van der Waals surface area (Å²) in [6, 6.07) is 61.1. The molecule has 8 aromatic carbocycles. The summed E-state index contributed by atoms with van der Waals surface area (Å²) in [5, 5.41) is 6.73. The van der Waals surface area contributed by atoms with E-state index in [9.17, 15) is 0 Å². The van der Waals surface area contributed by atoms with Gasteiger partial charge in [0.2, 0.25) is 0 Å². The minimum absolute atomic E-state index is 0.595. The molecule has 0 spiro atoms. The van der Waals surface area contributed by atoms with E-state index in [1.165, 1.54) is 16.2 Å². The predicted molar refractivity (Wildman–Crippen MR) is 209 cm³/mol. The first-order valence-corrected chi connectivity index (χ1v) is 17.1. The van der Waals surface area contributed by atoms with Crippen LogP contribution in [0.5, 0.6) is 0 Å². The third-order valence-corrected chi connectivity index (χ3v) is 9.72. The predicted octanol–water partition coefficient (Wildman–Crippen LogP) is 12.4. The van der Waals surface area contributed by atoms with Gasteiger partial charge in [0.1, 0.15) is 11.2 Å². The number of para-hydroxylation sites is 1. The third-order valence-electron chi connectivity index (χ3n) is 9.72. The van der Waals surface area contributed by atoms with E-state index < -0.39 is 0 Å². The molecule has 10 aromatic rings. The average molecular weight is 652 g/mol. The molecule has 0 radical (unpaired) electrons. The van der Waals surface area contributed by atoms with Crippen molar-refractivity contribution in [3.05, 3.63) is 176 Å². The van der Waals surface area contributed by atoms with Crippen molar-refractivity contribution in [2.75, 3.05) is 0 Å². The second-order valence-electron chi connectivity index (χ2n) is 12.8. The van der Waals surface area contributed by atoms with Gasteiger partial charge in [-0.1, -0.05) is 146 Å². The van der Waals surface area contributed by atoms with Crippen LogP contribution in [-0.2, 0) is 0 Å². The number of fused-ring (bicyclic) bond motifs is 5. The lowest BCUT2D eigenvalue weighted by Gasteiger charge is -2.14. The Morgan fingerprint density at radius 2 is 0.882 bits per heavy atom. The maximum atomic E-state index is 6.77. The van der Waals surface area contributed by atoms with Crippen LogP contribution < -0.4 is 0 Å². The van der Waals surface area contributed by atoms with Gasteiger partial charge < -0.3 is 4.42 Å². The summed E-state index contributed by atoms with van der Waals surface area (Å²) in [5.74, 6) is 1.84. The van der Waals surface area contributed by atoms with Gasteiger partial charge in [-0.2, -0.15) is 0 Å². The molecule has 0 saturated heterocycles. The molecule has 2 heterocycles. The zero-order valence-electron chi connectivity index (χ0n) is 27.5. The van der Waals surface area contributed by atoms with Crippen LogP contribution >= 0.6 is 0 Å². The Kier molecular flexibility index (Phi) is 6.78. The number of nitrogens with zero attached hydrogens (tertiary/aromatic N) is 3. The molecular weight excluding hydrogens is 623 g/mol. The molecule has 4 heteroatoms. The fourth-order valence-corrected chi connectivity index (χ4v) is 7.22. The standard InChI is InChI=1S/C47H29N3O/c1-2-14-32(15-3-1)45-48-46(36-25-23-31-13-5-7-17-34(31)29-36)50-47(49-45)41-27-26-39(44-43(41)40-20-10-11-21-42(40)51-44)38-19-9-8-18-37(38)35-24-22-30-12-4-6-16-33(30)28-35/h1-29H. The maximum Gasteiger partial charge on any atom is 0.164 e. The summed E-state index contributed by atoms with van der Waals surface area (Å²) >= 11 is 0. The number of hydrogen-bond donors (Lipinski definition) is 0. The summed E-state index contributed by atoms with van der Waals surface area (Å²) in [7, 11) is 0. The normalized spacial score (nSPS) is 11.5. The Morgan fingerprint density at radius 1 is 0.333 bits per heavy atom. The van der Waals surface area contributed by atoms with E-state index in [2.05, 4.69) is 133 Å². The monoisotopic (exact) mass is 651 g/mol. The Morgan fingerprint density at radius 3 is 1.65 bits per heavy atom. The molecule has 2 aromatic heterocycles. The highest BCUT2D eigenvalue weighted by Gasteiger charge is 2.22. The average Bonchev–Trinajstić information content (AvgIpc) is 3.60. The summed E-state index contributed by atoms with van der Waals surface area (Å²) in [6.07, 6.45) is 0. The van der Waals surface area contributed by atoms with Gasteiger partial charge in [0.15, 0.2) is 17.5 Å². The minimum Gasteiger partial charge on any atom is -0.455 e. The molecule has 0 amide bonds. The van der Waals surface area contributed by atoms with Crippen LogP contribution in [0.1, 0.15) is 0 Å². The molecule has 0 aliphatic rings. The lowest BCUT2D eigenvalue weighted by atomic mass is 9.91. The Labute approximate surface area is 294 Å². The number of furan rings is 1. The van der Waals surface area contributed by atoms with Gasteiger partial charge in [-0.3, -0.25) is 0 Å². The smallest absolute Gasteiger partial charge is 0.164 e. The van der Waals surface area contributed by atoms with E-state index >= 15 is 0 Å². The highest BCUT2D eigenvalue weighted by atomic mass is 16.3. The zero-order chi connectivity index (χ0) is 33.7. The van der Waals surface area contributed by atoms with Gasteiger partial charge in [-0.25, -0.2) is 15.0 Å². The van der Waals surface area contributed by atoms with Gasteiger partial charge in [0.05, 0.1) is 0 Å². The van der Waals surface area contributed by atoms with Gasteiger partial charge in [-0.05, 0) is 68.6 Å². The van der Waals surface area contributed by atoms with Crippen molar-refractivity contribution in [2.24, 2.45) is 0 Å². The largest absolute Gasteiger partial charge is 0.455 e. The fourth-order valence-electron chi connectivity index (χ4n) is 7.22. The molecule has 0 fully saturated rings. The number of aromatic nitrogens is 3. The Hall–Kier alpha value is -6.91. The van der Waals surface area contributed by atoms with Crippen molar-refractivity contribution < 1.29 is 4.42 Å². The molecule has 0 saturated carbocycles. The summed E-state index contributed by atoms with van der Waals surface area (Å²) < 4.78 is 6.77. The number of rotatable bonds is 5. The first-order chi connectivity index (χ1) is 25.3. The van der Waals surface area contributed by atoms with Crippen molar-refractivity contribution in [3.63, 3.8) is 0 Å². The number of hydrogen-bond acceptors (Lipinski definition) is 4. The molecule has 10 rings (SSSR count). The van der Waals surface area contributed by atoms with Crippen LogP contribution in [0.15, 0.2) is 180 Å². The second-order valence-corrected chi connectivity index (χ2v) is 12.8. The zero-order valence-corrected chi connectivity index (χ0v) is 27.5. The molecule has 0 unspecified atom stereocenters. The van der Waals surface area contributed by atoms with E-state index in [4.69, 9.17) is 19.4 Å². The van der Waals surface area contributed by atoms with Crippen LogP contribution in [0.25, 0.3) is 99.9 Å². The number of benzene rings is 8. The lowest BCUT2D eigenvalue weighted by Crippen LogP contribution is -2.00. The van der Waals surface area contributed by atoms with Crippen molar-refractivity contribution >= 4 is 43.5 Å². The molecule has 238 valence electrons. The molecule has 51 heavy (non-hydrogen) atoms. The van der Waals surface area contributed by atoms with E-state index in [1.54, 1.807) is 0 Å². The van der Waals surface area contributed by atoms with Crippen LogP contribution in [0.3, 0.4) is 0 Å². The van der Waals surface area contributed by atoms with E-state index in [0.29, 0.717) is 17.5 Å². The van der Waals surface area contributed by atoms with Crippen LogP contribution in [0.2, 0.25) is 0 Å². The second kappa shape index (κ2) is 11.9. The minimum atomic E-state index is 0.595. The molecule has 0 bridgehead atoms. The van der Waals surface area contributed by atoms with Crippen molar-refractivity contribution in [2.45, 2.75) is 0 Å². The SMILES string of the molecule is c1ccc(-c2nc(-c3ccc4ccccc4c3)nc(-c3ccc(-c4ccccc4-c4ccc5ccccc5c4)c4oc5ccccc5c34)n2)cc1. The first-order valence-electron chi connectivity index (χ1n) is 17.1. The van der Waals surface area contributed by atoms with Gasteiger partial charge in [-0.15, -0.1) is 0 Å². The van der Waals surface area contributed by atoms with E-state index in [0.717, 1.165) is 66.3 Å². The van der Waals surface area contributed by atoms with Crippen LogP contribution in [0, 0.1) is 0 Å². The maximum absolute atomic E-state index is 6.77. The Bertz CT molecular complexity index is 2930. The first kappa shape index (κ1) is 29.0. The topological polar surface area (TPSA) is 51.8 Å². The van der Waals surface area contributed by atoms with E-state index in [-0.39, 0.29) is 0 Å². The highest BCUT2D eigenvalue weighted by Crippen LogP contribution is 2.44. The summed E-state index contributed by atoms with van der Waals surface area (Å²) in [6.45, 7) is 0. The lowest BCUT2D eigenvalue weighted by molar-refractivity contribution is 0.670. The highest BCUT2D eigenvalue weighted by molar-refractivity contribution is 6.16. The van der Waals surface area contributed by atoms with Crippen LogP contribution in [0.4, 0.5) is 0 Å². The van der Waals surface area contributed by atoms with Crippen molar-refractivity contribution in [1.29, 1.82) is 0 Å². The molecular formula is C47H29N3O. The van der Waals surface area contributed by atoms with Gasteiger partial charge in [0, 0.05) is 33.0 Å². The van der Waals surface area contributed by atoms with Crippen molar-refractivity contribution in [3.8, 4) is 56.4 Å². The van der Waals surface area contributed by atoms with E-state index in [1.807, 2.05) is 42.5 Å². The quantitative estimate of drug-likeness (QED) is 0.186. The van der Waals surface area contributed by atoms with Crippen LogP contribution in [-0.4, -0.2) is 15.0 Å². The fraction of sp³-hybridized carbons (Fsp3) is 0. The third kappa shape index (κ3) is 5.04. The summed E-state index contributed by atoms with van der Waals surface area (Å²) in [4.78, 5) is 15.3. The summed E-state index contributed by atoms with van der Waals surface area (Å²) in [5.41, 5.74) is 8.78. The van der Waals surface area contributed by atoms with Crippen molar-refractivity contribution in [1.82, 2.24) is 15.0 Å². The Balaban J connectivity index is 1.21. The molecule has 0 N–H and O–H groups in total. The molecule has 4 nitrogen and oxygen atoms in total. The molecule has 0 aliphatic heterocycles. The molecule has 0 aliphatic carbocycles. The van der Waals surface area contributed by atoms with Gasteiger partial charge in [0.25, 0.3) is 0 Å².